The number of rotatable bonds is 3. The predicted octanol–water partition coefficient (Wildman–Crippen LogP) is 2.98. The number of hydrogen-bond donors (Lipinski definition) is 0. The lowest BCUT2D eigenvalue weighted by molar-refractivity contribution is 0.865. The van der Waals surface area contributed by atoms with Gasteiger partial charge in [-0.2, -0.15) is 5.10 Å². The second-order valence-corrected chi connectivity index (χ2v) is 5.64. The van der Waals surface area contributed by atoms with Crippen LogP contribution in [0.4, 0.5) is 5.82 Å². The molecule has 0 N–H and O–H groups in total. The van der Waals surface area contributed by atoms with E-state index in [-0.39, 0.29) is 0 Å². The van der Waals surface area contributed by atoms with Crippen molar-refractivity contribution in [2.75, 3.05) is 18.0 Å². The SMILES string of the molecule is CCc1nc(N2CCCC2)c2cnn(-c3ccccc3)c2n1. The van der Waals surface area contributed by atoms with Gasteiger partial charge >= 0.3 is 0 Å². The van der Waals surface area contributed by atoms with Crippen molar-refractivity contribution in [3.8, 4) is 5.69 Å². The molecular weight excluding hydrogens is 274 g/mol. The number of benzene rings is 1. The van der Waals surface area contributed by atoms with Crippen LogP contribution in [0.3, 0.4) is 0 Å². The molecule has 112 valence electrons. The largest absolute Gasteiger partial charge is 0.356 e. The Balaban J connectivity index is 1.92. The second kappa shape index (κ2) is 5.40. The number of para-hydroxylation sites is 1. The fraction of sp³-hybridized carbons (Fsp3) is 0.353. The number of hydrogen-bond acceptors (Lipinski definition) is 4. The molecule has 0 bridgehead atoms. The van der Waals surface area contributed by atoms with E-state index in [4.69, 9.17) is 9.97 Å². The lowest BCUT2D eigenvalue weighted by Crippen LogP contribution is -2.20. The molecule has 5 nitrogen and oxygen atoms in total. The summed E-state index contributed by atoms with van der Waals surface area (Å²) in [4.78, 5) is 11.9. The first kappa shape index (κ1) is 13.2. The van der Waals surface area contributed by atoms with Crippen molar-refractivity contribution in [2.24, 2.45) is 0 Å². The van der Waals surface area contributed by atoms with Crippen LogP contribution < -0.4 is 4.90 Å². The Morgan fingerprint density at radius 3 is 2.55 bits per heavy atom. The Labute approximate surface area is 129 Å². The molecule has 4 rings (SSSR count). The van der Waals surface area contributed by atoms with Crippen LogP contribution in [0.2, 0.25) is 0 Å². The van der Waals surface area contributed by atoms with Gasteiger partial charge in [-0.1, -0.05) is 25.1 Å². The van der Waals surface area contributed by atoms with Gasteiger partial charge in [0, 0.05) is 19.5 Å². The summed E-state index contributed by atoms with van der Waals surface area (Å²) in [6.45, 7) is 4.25. The summed E-state index contributed by atoms with van der Waals surface area (Å²) in [5.41, 5.74) is 1.94. The highest BCUT2D eigenvalue weighted by Gasteiger charge is 2.20. The molecular formula is C17H19N5. The number of aryl methyl sites for hydroxylation is 1. The molecule has 0 atom stereocenters. The normalized spacial score (nSPS) is 14.9. The Morgan fingerprint density at radius 1 is 1.05 bits per heavy atom. The van der Waals surface area contributed by atoms with Gasteiger partial charge in [0.05, 0.1) is 17.3 Å². The predicted molar refractivity (Wildman–Crippen MR) is 87.5 cm³/mol. The molecule has 2 aromatic heterocycles. The third kappa shape index (κ3) is 2.13. The Morgan fingerprint density at radius 2 is 1.82 bits per heavy atom. The number of anilines is 1. The van der Waals surface area contributed by atoms with Crippen LogP contribution in [0, 0.1) is 0 Å². The maximum atomic E-state index is 4.77. The van der Waals surface area contributed by atoms with E-state index in [0.717, 1.165) is 47.9 Å². The number of nitrogens with zero attached hydrogens (tertiary/aromatic N) is 5. The minimum absolute atomic E-state index is 0.830. The average Bonchev–Trinajstić information content (AvgIpc) is 3.24. The van der Waals surface area contributed by atoms with Crippen LogP contribution in [-0.2, 0) is 6.42 Å². The fourth-order valence-electron chi connectivity index (χ4n) is 3.02. The van der Waals surface area contributed by atoms with Crippen molar-refractivity contribution in [3.63, 3.8) is 0 Å². The smallest absolute Gasteiger partial charge is 0.168 e. The first-order chi connectivity index (χ1) is 10.9. The Hall–Kier alpha value is -2.43. The van der Waals surface area contributed by atoms with E-state index in [0.29, 0.717) is 0 Å². The fourth-order valence-corrected chi connectivity index (χ4v) is 3.02. The van der Waals surface area contributed by atoms with E-state index >= 15 is 0 Å². The molecule has 5 heteroatoms. The highest BCUT2D eigenvalue weighted by Crippen LogP contribution is 2.28. The van der Waals surface area contributed by atoms with Crippen molar-refractivity contribution in [2.45, 2.75) is 26.2 Å². The van der Waals surface area contributed by atoms with Crippen LogP contribution in [0.1, 0.15) is 25.6 Å². The highest BCUT2D eigenvalue weighted by atomic mass is 15.3. The molecule has 1 fully saturated rings. The van der Waals surface area contributed by atoms with Crippen LogP contribution in [0.5, 0.6) is 0 Å². The van der Waals surface area contributed by atoms with Gasteiger partial charge in [-0.05, 0) is 25.0 Å². The van der Waals surface area contributed by atoms with E-state index in [1.54, 1.807) is 0 Å². The maximum absolute atomic E-state index is 4.77. The minimum Gasteiger partial charge on any atom is -0.356 e. The summed E-state index contributed by atoms with van der Waals surface area (Å²) < 4.78 is 1.91. The molecule has 3 heterocycles. The van der Waals surface area contributed by atoms with Gasteiger partial charge in [-0.15, -0.1) is 0 Å². The van der Waals surface area contributed by atoms with Gasteiger partial charge in [-0.3, -0.25) is 0 Å². The van der Waals surface area contributed by atoms with Gasteiger partial charge in [-0.25, -0.2) is 14.6 Å². The monoisotopic (exact) mass is 293 g/mol. The Kier molecular flexibility index (Phi) is 3.25. The van der Waals surface area contributed by atoms with Gasteiger partial charge in [0.15, 0.2) is 5.65 Å². The third-order valence-electron chi connectivity index (χ3n) is 4.18. The molecule has 1 saturated heterocycles. The highest BCUT2D eigenvalue weighted by molar-refractivity contribution is 5.88. The average molecular weight is 293 g/mol. The van der Waals surface area contributed by atoms with Crippen molar-refractivity contribution in [3.05, 3.63) is 42.4 Å². The summed E-state index contributed by atoms with van der Waals surface area (Å²) in [5.74, 6) is 1.92. The van der Waals surface area contributed by atoms with Crippen molar-refractivity contribution < 1.29 is 0 Å². The standard InChI is InChI=1S/C17H19N5/c1-2-15-19-16(21-10-6-7-11-21)14-12-18-22(17(14)20-15)13-8-4-3-5-9-13/h3-5,8-9,12H,2,6-7,10-11H2,1H3. The summed E-state index contributed by atoms with van der Waals surface area (Å²) in [7, 11) is 0. The third-order valence-corrected chi connectivity index (χ3v) is 4.18. The van der Waals surface area contributed by atoms with Crippen LogP contribution >= 0.6 is 0 Å². The summed E-state index contributed by atoms with van der Waals surface area (Å²) in [5, 5.41) is 5.60. The molecule has 0 amide bonds. The molecule has 1 aliphatic heterocycles. The minimum atomic E-state index is 0.830. The lowest BCUT2D eigenvalue weighted by Gasteiger charge is -2.17. The maximum Gasteiger partial charge on any atom is 0.168 e. The van der Waals surface area contributed by atoms with Gasteiger partial charge in [0.1, 0.15) is 11.6 Å². The van der Waals surface area contributed by atoms with Gasteiger partial charge in [0.25, 0.3) is 0 Å². The number of aromatic nitrogens is 4. The van der Waals surface area contributed by atoms with Crippen molar-refractivity contribution >= 4 is 16.9 Å². The zero-order valence-electron chi connectivity index (χ0n) is 12.7. The molecule has 0 saturated carbocycles. The summed E-state index contributed by atoms with van der Waals surface area (Å²) in [6.07, 6.45) is 5.20. The molecule has 22 heavy (non-hydrogen) atoms. The topological polar surface area (TPSA) is 46.8 Å². The first-order valence-corrected chi connectivity index (χ1v) is 7.92. The van der Waals surface area contributed by atoms with E-state index in [1.807, 2.05) is 29.1 Å². The number of fused-ring (bicyclic) bond motifs is 1. The molecule has 0 spiro atoms. The van der Waals surface area contributed by atoms with E-state index in [9.17, 15) is 0 Å². The quantitative estimate of drug-likeness (QED) is 0.745. The van der Waals surface area contributed by atoms with Gasteiger partial charge < -0.3 is 4.90 Å². The van der Waals surface area contributed by atoms with Crippen LogP contribution in [-0.4, -0.2) is 32.8 Å². The summed E-state index contributed by atoms with van der Waals surface area (Å²) in [6, 6.07) is 10.2. The van der Waals surface area contributed by atoms with E-state index < -0.39 is 0 Å². The van der Waals surface area contributed by atoms with E-state index in [2.05, 4.69) is 29.1 Å². The second-order valence-electron chi connectivity index (χ2n) is 5.64. The van der Waals surface area contributed by atoms with Crippen LogP contribution in [0.15, 0.2) is 36.5 Å². The molecule has 0 aliphatic carbocycles. The summed E-state index contributed by atoms with van der Waals surface area (Å²) >= 11 is 0. The molecule has 0 radical (unpaired) electrons. The van der Waals surface area contributed by atoms with Crippen molar-refractivity contribution in [1.29, 1.82) is 0 Å². The molecule has 1 aliphatic rings. The molecule has 3 aromatic rings. The zero-order valence-corrected chi connectivity index (χ0v) is 12.7. The van der Waals surface area contributed by atoms with Gasteiger partial charge in [0.2, 0.25) is 0 Å². The Bertz CT molecular complexity index is 787. The molecule has 1 aromatic carbocycles. The zero-order chi connectivity index (χ0) is 14.9. The first-order valence-electron chi connectivity index (χ1n) is 7.92. The van der Waals surface area contributed by atoms with Crippen LogP contribution in [0.25, 0.3) is 16.7 Å². The lowest BCUT2D eigenvalue weighted by atomic mass is 10.3. The van der Waals surface area contributed by atoms with Crippen molar-refractivity contribution in [1.82, 2.24) is 19.7 Å². The molecule has 0 unspecified atom stereocenters. The van der Waals surface area contributed by atoms with E-state index in [1.165, 1.54) is 12.8 Å².